The summed E-state index contributed by atoms with van der Waals surface area (Å²) in [5, 5.41) is 3.27. The number of amides is 1. The van der Waals surface area contributed by atoms with Crippen LogP contribution in [0.4, 0.5) is 0 Å². The molecule has 1 rings (SSSR count). The Morgan fingerprint density at radius 3 is 2.39 bits per heavy atom. The monoisotopic (exact) mass is 273 g/mol. The Morgan fingerprint density at radius 1 is 1.22 bits per heavy atom. The van der Waals surface area contributed by atoms with Gasteiger partial charge in [-0.25, -0.2) is 0 Å². The van der Waals surface area contributed by atoms with Crippen molar-refractivity contribution >= 4 is 17.5 Å². The molecule has 18 heavy (non-hydrogen) atoms. The molecule has 0 aromatic heterocycles. The van der Waals surface area contributed by atoms with Gasteiger partial charge in [-0.1, -0.05) is 39.5 Å². The number of hydrogen-bond acceptors (Lipinski definition) is 1. The van der Waals surface area contributed by atoms with Gasteiger partial charge in [0.05, 0.1) is 0 Å². The number of halogens is 1. The molecule has 0 aromatic rings. The van der Waals surface area contributed by atoms with Crippen LogP contribution in [0.25, 0.3) is 0 Å². The van der Waals surface area contributed by atoms with Crippen LogP contribution in [0.15, 0.2) is 0 Å². The number of rotatable bonds is 7. The molecule has 0 bridgehead atoms. The lowest BCUT2D eigenvalue weighted by Crippen LogP contribution is -2.45. The molecule has 1 saturated carbocycles. The third-order valence-electron chi connectivity index (χ3n) is 4.08. The SMILES string of the molecule is CCCC(CCC)C(=O)NC1CCCCC1CCl. The van der Waals surface area contributed by atoms with E-state index in [4.69, 9.17) is 11.6 Å². The summed E-state index contributed by atoms with van der Waals surface area (Å²) < 4.78 is 0. The highest BCUT2D eigenvalue weighted by molar-refractivity contribution is 6.18. The Hall–Kier alpha value is -0.240. The van der Waals surface area contributed by atoms with E-state index in [1.807, 2.05) is 0 Å². The van der Waals surface area contributed by atoms with Gasteiger partial charge in [0.1, 0.15) is 0 Å². The van der Waals surface area contributed by atoms with Gasteiger partial charge in [-0.3, -0.25) is 4.79 Å². The van der Waals surface area contributed by atoms with Gasteiger partial charge in [0.15, 0.2) is 0 Å². The van der Waals surface area contributed by atoms with Crippen molar-refractivity contribution < 1.29 is 4.79 Å². The van der Waals surface area contributed by atoms with Gasteiger partial charge in [0, 0.05) is 17.8 Å². The van der Waals surface area contributed by atoms with E-state index in [0.29, 0.717) is 17.8 Å². The highest BCUT2D eigenvalue weighted by atomic mass is 35.5. The number of hydrogen-bond donors (Lipinski definition) is 1. The van der Waals surface area contributed by atoms with Crippen LogP contribution in [0.3, 0.4) is 0 Å². The van der Waals surface area contributed by atoms with E-state index < -0.39 is 0 Å². The average Bonchev–Trinajstić information content (AvgIpc) is 2.39. The van der Waals surface area contributed by atoms with E-state index in [1.165, 1.54) is 19.3 Å². The predicted molar refractivity (Wildman–Crippen MR) is 77.9 cm³/mol. The lowest BCUT2D eigenvalue weighted by Gasteiger charge is -2.32. The third-order valence-corrected chi connectivity index (χ3v) is 4.48. The first-order valence-corrected chi connectivity index (χ1v) is 8.12. The Kier molecular flexibility index (Phi) is 7.73. The Balaban J connectivity index is 2.49. The van der Waals surface area contributed by atoms with Gasteiger partial charge in [0.25, 0.3) is 0 Å². The summed E-state index contributed by atoms with van der Waals surface area (Å²) >= 11 is 6.01. The van der Waals surface area contributed by atoms with Crippen LogP contribution in [0.1, 0.15) is 65.2 Å². The predicted octanol–water partition coefficient (Wildman–Crippen LogP) is 4.12. The summed E-state index contributed by atoms with van der Waals surface area (Å²) in [6.45, 7) is 4.30. The van der Waals surface area contributed by atoms with Gasteiger partial charge in [-0.15, -0.1) is 11.6 Å². The van der Waals surface area contributed by atoms with E-state index in [2.05, 4.69) is 19.2 Å². The summed E-state index contributed by atoms with van der Waals surface area (Å²) in [6, 6.07) is 0.319. The fourth-order valence-electron chi connectivity index (χ4n) is 2.99. The second-order valence-corrected chi connectivity index (χ2v) is 5.90. The molecule has 2 nitrogen and oxygen atoms in total. The zero-order chi connectivity index (χ0) is 13.4. The van der Waals surface area contributed by atoms with Crippen LogP contribution in [0.5, 0.6) is 0 Å². The molecular weight excluding hydrogens is 246 g/mol. The zero-order valence-electron chi connectivity index (χ0n) is 11.9. The standard InChI is InChI=1S/C15H28ClNO/c1-3-7-12(8-4-2)15(18)17-14-10-6-5-9-13(14)11-16/h12-14H,3-11H2,1-2H3,(H,17,18). The lowest BCUT2D eigenvalue weighted by atomic mass is 9.85. The summed E-state index contributed by atoms with van der Waals surface area (Å²) in [4.78, 5) is 12.3. The minimum atomic E-state index is 0.206. The number of alkyl halides is 1. The molecular formula is C15H28ClNO. The Morgan fingerprint density at radius 2 is 1.83 bits per heavy atom. The molecule has 0 saturated heterocycles. The number of nitrogens with one attached hydrogen (secondary N) is 1. The summed E-state index contributed by atoms with van der Waals surface area (Å²) in [7, 11) is 0. The van der Waals surface area contributed by atoms with Gasteiger partial charge in [0.2, 0.25) is 5.91 Å². The van der Waals surface area contributed by atoms with Gasteiger partial charge < -0.3 is 5.32 Å². The minimum absolute atomic E-state index is 0.206. The Labute approximate surface area is 117 Å². The van der Waals surface area contributed by atoms with Crippen molar-refractivity contribution in [2.45, 2.75) is 71.3 Å². The first kappa shape index (κ1) is 15.8. The lowest BCUT2D eigenvalue weighted by molar-refractivity contribution is -0.126. The van der Waals surface area contributed by atoms with Crippen molar-refractivity contribution in [3.63, 3.8) is 0 Å². The van der Waals surface area contributed by atoms with Crippen molar-refractivity contribution in [2.75, 3.05) is 5.88 Å². The highest BCUT2D eigenvalue weighted by Crippen LogP contribution is 2.26. The molecule has 1 amide bonds. The molecule has 0 spiro atoms. The average molecular weight is 274 g/mol. The minimum Gasteiger partial charge on any atom is -0.353 e. The molecule has 1 N–H and O–H groups in total. The van der Waals surface area contributed by atoms with Crippen molar-refractivity contribution in [1.29, 1.82) is 0 Å². The maximum absolute atomic E-state index is 12.3. The topological polar surface area (TPSA) is 29.1 Å². The molecule has 2 unspecified atom stereocenters. The normalized spacial score (nSPS) is 24.2. The van der Waals surface area contributed by atoms with Crippen molar-refractivity contribution in [1.82, 2.24) is 5.32 Å². The van der Waals surface area contributed by atoms with E-state index in [1.54, 1.807) is 0 Å². The first-order valence-electron chi connectivity index (χ1n) is 7.59. The molecule has 0 radical (unpaired) electrons. The maximum atomic E-state index is 12.3. The summed E-state index contributed by atoms with van der Waals surface area (Å²) in [5.41, 5.74) is 0. The smallest absolute Gasteiger partial charge is 0.223 e. The van der Waals surface area contributed by atoms with Gasteiger partial charge in [-0.2, -0.15) is 0 Å². The van der Waals surface area contributed by atoms with Crippen LogP contribution >= 0.6 is 11.6 Å². The molecule has 1 fully saturated rings. The second kappa shape index (κ2) is 8.79. The van der Waals surface area contributed by atoms with E-state index in [0.717, 1.165) is 32.1 Å². The molecule has 0 aliphatic heterocycles. The van der Waals surface area contributed by atoms with Crippen LogP contribution < -0.4 is 5.32 Å². The largest absolute Gasteiger partial charge is 0.353 e. The zero-order valence-corrected chi connectivity index (χ0v) is 12.6. The summed E-state index contributed by atoms with van der Waals surface area (Å²) in [5.74, 6) is 1.63. The van der Waals surface area contributed by atoms with Crippen molar-refractivity contribution in [3.8, 4) is 0 Å². The Bertz CT molecular complexity index is 239. The van der Waals surface area contributed by atoms with Crippen molar-refractivity contribution in [3.05, 3.63) is 0 Å². The van der Waals surface area contributed by atoms with E-state index in [-0.39, 0.29) is 11.8 Å². The van der Waals surface area contributed by atoms with E-state index >= 15 is 0 Å². The molecule has 1 aliphatic rings. The highest BCUT2D eigenvalue weighted by Gasteiger charge is 2.27. The first-order chi connectivity index (χ1) is 8.72. The third kappa shape index (κ3) is 4.79. The van der Waals surface area contributed by atoms with E-state index in [9.17, 15) is 4.79 Å². The quantitative estimate of drug-likeness (QED) is 0.695. The van der Waals surface area contributed by atoms with Crippen LogP contribution in [-0.4, -0.2) is 17.8 Å². The summed E-state index contributed by atoms with van der Waals surface area (Å²) in [6.07, 6.45) is 8.95. The van der Waals surface area contributed by atoms with Crippen molar-refractivity contribution in [2.24, 2.45) is 11.8 Å². The molecule has 2 atom stereocenters. The number of carbonyl (C=O) groups is 1. The fourth-order valence-corrected chi connectivity index (χ4v) is 3.36. The van der Waals surface area contributed by atoms with Gasteiger partial charge in [-0.05, 0) is 31.6 Å². The fraction of sp³-hybridized carbons (Fsp3) is 0.933. The number of carbonyl (C=O) groups excluding carboxylic acids is 1. The maximum Gasteiger partial charge on any atom is 0.223 e. The molecule has 1 aliphatic carbocycles. The van der Waals surface area contributed by atoms with Crippen LogP contribution in [0.2, 0.25) is 0 Å². The molecule has 106 valence electrons. The van der Waals surface area contributed by atoms with Crippen LogP contribution in [0, 0.1) is 11.8 Å². The second-order valence-electron chi connectivity index (χ2n) is 5.59. The van der Waals surface area contributed by atoms with Crippen LogP contribution in [-0.2, 0) is 4.79 Å². The molecule has 3 heteroatoms. The van der Waals surface area contributed by atoms with Gasteiger partial charge >= 0.3 is 0 Å². The molecule has 0 heterocycles. The molecule has 0 aromatic carbocycles.